The van der Waals surface area contributed by atoms with Crippen LogP contribution in [0, 0.1) is 0 Å². The topological polar surface area (TPSA) is 408 Å². The second kappa shape index (κ2) is 49.6. The zero-order chi connectivity index (χ0) is 9.00. The molecule has 0 amide bonds. The molecule has 0 aromatic heterocycles. The molecule has 0 heterocycles. The molecule has 0 spiro atoms. The van der Waals surface area contributed by atoms with Crippen LogP contribution in [0.1, 0.15) is 0 Å². The zero-order valence-corrected chi connectivity index (χ0v) is 14.3. The Labute approximate surface area is 148 Å². The molecule has 0 aromatic carbocycles. The summed E-state index contributed by atoms with van der Waals surface area (Å²) >= 11 is 0. The first-order valence-corrected chi connectivity index (χ1v) is 4.70. The van der Waals surface area contributed by atoms with Gasteiger partial charge < -0.3 is 73.2 Å². The fourth-order valence-electron chi connectivity index (χ4n) is 0. The summed E-state index contributed by atoms with van der Waals surface area (Å²) in [4.78, 5) is 43.1. The molecule has 0 aliphatic carbocycles. The Bertz CT molecular complexity index is 134. The first-order chi connectivity index (χ1) is 4.00. The summed E-state index contributed by atoms with van der Waals surface area (Å²) in [5, 5.41) is 0. The van der Waals surface area contributed by atoms with Crippen LogP contribution in [-0.2, 0) is 59.5 Å². The minimum absolute atomic E-state index is 0. The number of hydrogen-bond acceptors (Lipinski definition) is 2. The quantitative estimate of drug-likeness (QED) is 0.167. The van der Waals surface area contributed by atoms with E-state index in [4.69, 9.17) is 38.5 Å². The number of phosphoric acid groups is 2. The Hall–Kier alpha value is 1.42. The summed E-state index contributed by atoms with van der Waals surface area (Å²) in [6.07, 6.45) is 0. The van der Waals surface area contributed by atoms with Crippen molar-refractivity contribution in [2.75, 3.05) is 0 Å². The van der Waals surface area contributed by atoms with Gasteiger partial charge in [-0.25, -0.2) is 9.13 Å². The molecule has 0 aromatic rings. The van der Waals surface area contributed by atoms with Crippen LogP contribution in [0.3, 0.4) is 0 Å². The number of rotatable bonds is 0. The van der Waals surface area contributed by atoms with E-state index in [2.05, 4.69) is 0 Å². The van der Waals surface area contributed by atoms with Gasteiger partial charge in [-0.3, -0.25) is 0 Å². The van der Waals surface area contributed by atoms with E-state index in [0.29, 0.717) is 0 Å². The van der Waals surface area contributed by atoms with E-state index in [1.807, 2.05) is 0 Å². The van der Waals surface area contributed by atoms with E-state index in [9.17, 15) is 0 Å². The van der Waals surface area contributed by atoms with Gasteiger partial charge in [0, 0.05) is 50.3 Å². The van der Waals surface area contributed by atoms with Gasteiger partial charge in [0.1, 0.15) is 0 Å². The van der Waals surface area contributed by atoms with Crippen LogP contribution >= 0.6 is 15.6 Å². The van der Waals surface area contributed by atoms with Gasteiger partial charge in [-0.15, -0.1) is 0 Å². The average molecular weight is 517 g/mol. The molecule has 155 valence electrons. The van der Waals surface area contributed by atoms with E-state index in [1.54, 1.807) is 0 Å². The van der Waals surface area contributed by atoms with Crippen molar-refractivity contribution in [3.8, 4) is 0 Å². The monoisotopic (exact) mass is 517 g/mol. The Morgan fingerprint density at radius 2 is 0.381 bits per heavy atom. The summed E-state index contributed by atoms with van der Waals surface area (Å²) in [6, 6.07) is 0. The van der Waals surface area contributed by atoms with E-state index < -0.39 is 15.6 Å². The summed E-state index contributed by atoms with van der Waals surface area (Å²) in [5.74, 6) is 0. The molecule has 0 aliphatic heterocycles. The molecule has 22 N–H and O–H groups in total. The molecule has 0 atom stereocenters. The van der Waals surface area contributed by atoms with Gasteiger partial charge in [0.2, 0.25) is 0 Å². The Balaban J connectivity index is -0.00000000364. The fraction of sp³-hybridized carbons (Fsp3) is 0. The predicted octanol–water partition coefficient (Wildman–Crippen LogP) is -8.46. The standard InChI is InChI=1S/3Co.2H3O4P.8H2O/c;;;2*1-5(2,3)4;;;;;;;;/h;;;2*(H3,1,2,3,4);8*1H2. The van der Waals surface area contributed by atoms with Gasteiger partial charge >= 0.3 is 15.6 Å². The molecule has 0 aliphatic rings. The molecule has 3 radical (unpaired) electrons. The van der Waals surface area contributed by atoms with Crippen molar-refractivity contribution in [3.63, 3.8) is 0 Å². The number of hydrogen-bond donors (Lipinski definition) is 6. The molecule has 0 bridgehead atoms. The summed E-state index contributed by atoms with van der Waals surface area (Å²) in [6.45, 7) is 0. The van der Waals surface area contributed by atoms with E-state index in [1.165, 1.54) is 0 Å². The van der Waals surface area contributed by atoms with Gasteiger partial charge in [0.15, 0.2) is 0 Å². The molecular formula is H22Co3O16P2. The second-order valence-electron chi connectivity index (χ2n) is 1.03. The Morgan fingerprint density at radius 3 is 0.381 bits per heavy atom. The van der Waals surface area contributed by atoms with E-state index >= 15 is 0 Å². The molecule has 0 rings (SSSR count). The molecule has 0 saturated carbocycles. The van der Waals surface area contributed by atoms with Crippen LogP contribution in [-0.4, -0.2) is 73.2 Å². The van der Waals surface area contributed by atoms with Crippen LogP contribution in [0.4, 0.5) is 0 Å². The zero-order valence-electron chi connectivity index (χ0n) is 9.39. The first kappa shape index (κ1) is 116. The predicted molar refractivity (Wildman–Crippen MR) is 57.4 cm³/mol. The Kier molecular flexibility index (Phi) is 274. The largest absolute Gasteiger partial charge is 0.466 e. The minimum Gasteiger partial charge on any atom is -0.412 e. The minimum atomic E-state index is -4.64. The van der Waals surface area contributed by atoms with Crippen molar-refractivity contribution >= 4 is 15.6 Å². The fourth-order valence-corrected chi connectivity index (χ4v) is 0. The summed E-state index contributed by atoms with van der Waals surface area (Å²) in [7, 11) is -9.28. The maximum atomic E-state index is 8.88. The third kappa shape index (κ3) is 4010. The van der Waals surface area contributed by atoms with Gasteiger partial charge in [-0.05, 0) is 0 Å². The van der Waals surface area contributed by atoms with Crippen molar-refractivity contribution in [1.82, 2.24) is 0 Å². The Morgan fingerprint density at radius 1 is 0.381 bits per heavy atom. The third-order valence-electron chi connectivity index (χ3n) is 0. The molecule has 21 heteroatoms. The molecule has 16 nitrogen and oxygen atoms in total. The van der Waals surface area contributed by atoms with E-state index in [0.717, 1.165) is 0 Å². The van der Waals surface area contributed by atoms with Crippen LogP contribution < -0.4 is 0 Å². The summed E-state index contributed by atoms with van der Waals surface area (Å²) in [5.41, 5.74) is 0. The van der Waals surface area contributed by atoms with Crippen molar-refractivity contribution in [2.24, 2.45) is 0 Å². The van der Waals surface area contributed by atoms with Crippen molar-refractivity contribution in [2.45, 2.75) is 0 Å². The van der Waals surface area contributed by atoms with Crippen molar-refractivity contribution < 1.29 is 133 Å². The molecule has 0 fully saturated rings. The van der Waals surface area contributed by atoms with Crippen LogP contribution in [0.15, 0.2) is 0 Å². The van der Waals surface area contributed by atoms with Gasteiger partial charge in [-0.1, -0.05) is 0 Å². The third-order valence-corrected chi connectivity index (χ3v) is 0. The maximum Gasteiger partial charge on any atom is 0.466 e. The second-order valence-corrected chi connectivity index (χ2v) is 3.08. The molecule has 21 heavy (non-hydrogen) atoms. The maximum absolute atomic E-state index is 8.88. The van der Waals surface area contributed by atoms with Gasteiger partial charge in [0.25, 0.3) is 0 Å². The smallest absolute Gasteiger partial charge is 0.412 e. The van der Waals surface area contributed by atoms with Crippen LogP contribution in [0.25, 0.3) is 0 Å². The first-order valence-electron chi connectivity index (χ1n) is 1.57. The van der Waals surface area contributed by atoms with E-state index in [-0.39, 0.29) is 94.1 Å². The van der Waals surface area contributed by atoms with Crippen molar-refractivity contribution in [3.05, 3.63) is 0 Å². The van der Waals surface area contributed by atoms with Gasteiger partial charge in [-0.2, -0.15) is 0 Å². The summed E-state index contributed by atoms with van der Waals surface area (Å²) < 4.78 is 17.8. The van der Waals surface area contributed by atoms with Crippen molar-refractivity contribution in [1.29, 1.82) is 0 Å². The SMILES string of the molecule is O.O.O.O.O.O.O.O.O=P(O)(O)O.O=P(O)(O)O.[Co].[Co].[Co]. The van der Waals surface area contributed by atoms with Gasteiger partial charge in [0.05, 0.1) is 0 Å². The average Bonchev–Trinajstić information content (AvgIpc) is 1.12. The molecule has 0 saturated heterocycles. The molecular weight excluding hydrogens is 495 g/mol. The molecule has 0 unspecified atom stereocenters. The van der Waals surface area contributed by atoms with Crippen LogP contribution in [0.5, 0.6) is 0 Å². The van der Waals surface area contributed by atoms with Crippen LogP contribution in [0.2, 0.25) is 0 Å². The normalized spacial score (nSPS) is 5.62.